The summed E-state index contributed by atoms with van der Waals surface area (Å²) >= 11 is 0. The molecule has 4 heteroatoms. The van der Waals surface area contributed by atoms with Crippen LogP contribution >= 0.6 is 0 Å². The van der Waals surface area contributed by atoms with Gasteiger partial charge in [0.25, 0.3) is 0 Å². The van der Waals surface area contributed by atoms with Crippen molar-refractivity contribution >= 4 is 11.6 Å². The number of nitrogens with zero attached hydrogens (tertiary/aromatic N) is 2. The van der Waals surface area contributed by atoms with E-state index in [1.54, 1.807) is 13.0 Å². The first-order valence-electron chi connectivity index (χ1n) is 6.42. The van der Waals surface area contributed by atoms with Gasteiger partial charge in [-0.1, -0.05) is 12.1 Å². The smallest absolute Gasteiger partial charge is 0.219 e. The number of amides is 1. The van der Waals surface area contributed by atoms with Gasteiger partial charge in [-0.15, -0.1) is 0 Å². The summed E-state index contributed by atoms with van der Waals surface area (Å²) < 4.78 is 13.3. The first kappa shape index (κ1) is 12.1. The van der Waals surface area contributed by atoms with E-state index in [1.807, 2.05) is 11.0 Å². The molecule has 0 aliphatic carbocycles. The van der Waals surface area contributed by atoms with Gasteiger partial charge in [-0.25, -0.2) is 4.39 Å². The molecule has 0 unspecified atom stereocenters. The van der Waals surface area contributed by atoms with Gasteiger partial charge in [0, 0.05) is 25.6 Å². The molecule has 0 atom stereocenters. The van der Waals surface area contributed by atoms with E-state index in [-0.39, 0.29) is 11.7 Å². The molecule has 0 N–H and O–H groups in total. The maximum Gasteiger partial charge on any atom is 0.219 e. The van der Waals surface area contributed by atoms with Gasteiger partial charge in [0.2, 0.25) is 5.91 Å². The zero-order chi connectivity index (χ0) is 13.4. The predicted octanol–water partition coefficient (Wildman–Crippen LogP) is 2.18. The molecule has 3 rings (SSSR count). The maximum absolute atomic E-state index is 13.3. The molecule has 0 spiro atoms. The molecule has 0 saturated heterocycles. The molecule has 98 valence electrons. The molecular weight excluding hydrogens is 243 g/mol. The van der Waals surface area contributed by atoms with Crippen LogP contribution in [0.5, 0.6) is 0 Å². The lowest BCUT2D eigenvalue weighted by molar-refractivity contribution is -0.128. The largest absolute Gasteiger partial charge is 0.338 e. The van der Waals surface area contributed by atoms with Crippen LogP contribution in [0.4, 0.5) is 4.39 Å². The number of hydrogen-bond donors (Lipinski definition) is 0. The van der Waals surface area contributed by atoms with Gasteiger partial charge in [-0.3, -0.25) is 9.79 Å². The second kappa shape index (κ2) is 4.61. The Balaban J connectivity index is 1.93. The Hall–Kier alpha value is -1.97. The van der Waals surface area contributed by atoms with Crippen molar-refractivity contribution in [2.24, 2.45) is 4.99 Å². The average molecular weight is 258 g/mol. The fourth-order valence-electron chi connectivity index (χ4n) is 2.66. The van der Waals surface area contributed by atoms with Crippen LogP contribution in [0.3, 0.4) is 0 Å². The zero-order valence-electron chi connectivity index (χ0n) is 10.8. The molecule has 1 amide bonds. The Bertz CT molecular complexity index is 604. The van der Waals surface area contributed by atoms with Crippen LogP contribution in [0.25, 0.3) is 0 Å². The maximum atomic E-state index is 13.3. The first-order chi connectivity index (χ1) is 9.15. The fraction of sp³-hybridized carbons (Fsp3) is 0.333. The molecule has 19 heavy (non-hydrogen) atoms. The SMILES string of the molecule is CC(=O)N1CCC2=C(C1)C(c1cccc(F)c1)=NC2. The second-order valence-corrected chi connectivity index (χ2v) is 4.95. The lowest BCUT2D eigenvalue weighted by Gasteiger charge is -2.27. The lowest BCUT2D eigenvalue weighted by atomic mass is 9.95. The minimum atomic E-state index is -0.256. The molecule has 2 aliphatic heterocycles. The van der Waals surface area contributed by atoms with Crippen molar-refractivity contribution < 1.29 is 9.18 Å². The topological polar surface area (TPSA) is 32.7 Å². The fourth-order valence-corrected chi connectivity index (χ4v) is 2.66. The Kier molecular flexibility index (Phi) is 2.93. The van der Waals surface area contributed by atoms with Crippen LogP contribution in [-0.4, -0.2) is 36.2 Å². The third-order valence-electron chi connectivity index (χ3n) is 3.72. The number of hydrogen-bond acceptors (Lipinski definition) is 2. The molecule has 2 heterocycles. The molecule has 1 aromatic rings. The molecular formula is C15H15FN2O. The van der Waals surface area contributed by atoms with Crippen LogP contribution in [0.1, 0.15) is 18.9 Å². The summed E-state index contributed by atoms with van der Waals surface area (Å²) in [5.74, 6) is -0.175. The van der Waals surface area contributed by atoms with Gasteiger partial charge < -0.3 is 4.90 Å². The monoisotopic (exact) mass is 258 g/mol. The van der Waals surface area contributed by atoms with Gasteiger partial charge in [0.05, 0.1) is 12.3 Å². The van der Waals surface area contributed by atoms with Crippen molar-refractivity contribution in [3.63, 3.8) is 0 Å². The van der Waals surface area contributed by atoms with Crippen molar-refractivity contribution in [3.05, 3.63) is 46.8 Å². The summed E-state index contributed by atoms with van der Waals surface area (Å²) in [6.45, 7) is 3.63. The molecule has 0 radical (unpaired) electrons. The third-order valence-corrected chi connectivity index (χ3v) is 3.72. The van der Waals surface area contributed by atoms with Crippen LogP contribution < -0.4 is 0 Å². The third kappa shape index (κ3) is 2.18. The highest BCUT2D eigenvalue weighted by Gasteiger charge is 2.27. The van der Waals surface area contributed by atoms with Crippen LogP contribution in [-0.2, 0) is 4.79 Å². The summed E-state index contributed by atoms with van der Waals surface area (Å²) in [4.78, 5) is 17.8. The molecule has 1 aromatic carbocycles. The van der Waals surface area contributed by atoms with Gasteiger partial charge in [0.15, 0.2) is 0 Å². The minimum Gasteiger partial charge on any atom is -0.338 e. The van der Waals surface area contributed by atoms with Gasteiger partial charge in [-0.2, -0.15) is 0 Å². The van der Waals surface area contributed by atoms with Crippen LogP contribution in [0.2, 0.25) is 0 Å². The molecule has 0 fully saturated rings. The Labute approximate surface area is 111 Å². The van der Waals surface area contributed by atoms with E-state index < -0.39 is 0 Å². The summed E-state index contributed by atoms with van der Waals surface area (Å²) in [7, 11) is 0. The molecule has 3 nitrogen and oxygen atoms in total. The predicted molar refractivity (Wildman–Crippen MR) is 71.7 cm³/mol. The Morgan fingerprint density at radius 2 is 2.26 bits per heavy atom. The van der Waals surface area contributed by atoms with Gasteiger partial charge in [0.1, 0.15) is 5.82 Å². The highest BCUT2D eigenvalue weighted by Crippen LogP contribution is 2.27. The average Bonchev–Trinajstić information content (AvgIpc) is 2.81. The molecule has 0 aromatic heterocycles. The van der Waals surface area contributed by atoms with Crippen LogP contribution in [0.15, 0.2) is 40.4 Å². The molecule has 2 aliphatic rings. The quantitative estimate of drug-likeness (QED) is 0.760. The lowest BCUT2D eigenvalue weighted by Crippen LogP contribution is -2.36. The van der Waals surface area contributed by atoms with Crippen molar-refractivity contribution in [1.82, 2.24) is 4.90 Å². The Morgan fingerprint density at radius 1 is 1.42 bits per heavy atom. The van der Waals surface area contributed by atoms with Crippen molar-refractivity contribution in [1.29, 1.82) is 0 Å². The summed E-state index contributed by atoms with van der Waals surface area (Å²) in [6, 6.07) is 6.49. The Morgan fingerprint density at radius 3 is 3.00 bits per heavy atom. The van der Waals surface area contributed by atoms with E-state index >= 15 is 0 Å². The van der Waals surface area contributed by atoms with Crippen molar-refractivity contribution in [2.75, 3.05) is 19.6 Å². The van der Waals surface area contributed by atoms with Crippen molar-refractivity contribution in [3.8, 4) is 0 Å². The van der Waals surface area contributed by atoms with E-state index in [1.165, 1.54) is 17.7 Å². The molecule has 0 bridgehead atoms. The normalized spacial score (nSPS) is 18.4. The highest BCUT2D eigenvalue weighted by atomic mass is 19.1. The van der Waals surface area contributed by atoms with Gasteiger partial charge >= 0.3 is 0 Å². The first-order valence-corrected chi connectivity index (χ1v) is 6.42. The summed E-state index contributed by atoms with van der Waals surface area (Å²) in [5.41, 5.74) is 4.04. The van der Waals surface area contributed by atoms with Gasteiger partial charge in [-0.05, 0) is 29.7 Å². The van der Waals surface area contributed by atoms with E-state index in [9.17, 15) is 9.18 Å². The van der Waals surface area contributed by atoms with E-state index in [4.69, 9.17) is 0 Å². The summed E-state index contributed by atoms with van der Waals surface area (Å²) in [5, 5.41) is 0. The number of aliphatic imine (C=N–C) groups is 1. The number of rotatable bonds is 1. The van der Waals surface area contributed by atoms with E-state index in [0.717, 1.165) is 29.8 Å². The van der Waals surface area contributed by atoms with Crippen LogP contribution in [0, 0.1) is 5.82 Å². The standard InChI is InChI=1S/C15H15FN2O/c1-10(19)18-6-5-12-8-17-15(14(12)9-18)11-3-2-4-13(16)7-11/h2-4,7H,5-6,8-9H2,1H3. The highest BCUT2D eigenvalue weighted by molar-refractivity contribution is 6.15. The number of benzene rings is 1. The van der Waals surface area contributed by atoms with E-state index in [0.29, 0.717) is 13.1 Å². The van der Waals surface area contributed by atoms with E-state index in [2.05, 4.69) is 4.99 Å². The molecule has 0 saturated carbocycles. The summed E-state index contributed by atoms with van der Waals surface area (Å²) in [6.07, 6.45) is 0.872. The number of carbonyl (C=O) groups excluding carboxylic acids is 1. The second-order valence-electron chi connectivity index (χ2n) is 4.95. The number of halogens is 1. The minimum absolute atomic E-state index is 0.0806. The zero-order valence-corrected chi connectivity index (χ0v) is 10.8. The van der Waals surface area contributed by atoms with Crippen molar-refractivity contribution in [2.45, 2.75) is 13.3 Å². The number of carbonyl (C=O) groups is 1.